The van der Waals surface area contributed by atoms with Gasteiger partial charge >= 0.3 is 0 Å². The number of aromatic nitrogens is 1. The molecule has 0 bridgehead atoms. The molecule has 29 heavy (non-hydrogen) atoms. The molecule has 4 nitrogen and oxygen atoms in total. The highest BCUT2D eigenvalue weighted by molar-refractivity contribution is 7.98. The van der Waals surface area contributed by atoms with Crippen molar-refractivity contribution in [2.75, 3.05) is 37.3 Å². The van der Waals surface area contributed by atoms with Gasteiger partial charge in [-0.3, -0.25) is 4.79 Å². The van der Waals surface area contributed by atoms with E-state index in [0.717, 1.165) is 42.4 Å². The van der Waals surface area contributed by atoms with Crippen molar-refractivity contribution < 1.29 is 4.79 Å². The maximum absolute atomic E-state index is 12.7. The summed E-state index contributed by atoms with van der Waals surface area (Å²) in [6.07, 6.45) is 2.58. The van der Waals surface area contributed by atoms with Gasteiger partial charge < -0.3 is 9.80 Å². The molecular weight excluding hydrogens is 398 g/mol. The van der Waals surface area contributed by atoms with Gasteiger partial charge in [-0.2, -0.15) is 0 Å². The Morgan fingerprint density at radius 1 is 1.10 bits per heavy atom. The van der Waals surface area contributed by atoms with E-state index in [9.17, 15) is 4.79 Å². The fourth-order valence-corrected chi connectivity index (χ4v) is 5.18. The van der Waals surface area contributed by atoms with Gasteiger partial charge in [-0.15, -0.1) is 11.8 Å². The average molecular weight is 426 g/mol. The molecule has 0 spiro atoms. The minimum Gasteiger partial charge on any atom is -0.345 e. The topological polar surface area (TPSA) is 36.4 Å². The Balaban J connectivity index is 1.35. The minimum absolute atomic E-state index is 0.218. The Labute approximate surface area is 180 Å². The highest BCUT2D eigenvalue weighted by Crippen LogP contribution is 2.32. The van der Waals surface area contributed by atoms with Gasteiger partial charge in [0.2, 0.25) is 5.91 Å². The predicted molar refractivity (Wildman–Crippen MR) is 124 cm³/mol. The van der Waals surface area contributed by atoms with E-state index in [1.165, 1.54) is 15.2 Å². The molecule has 2 aromatic carbocycles. The maximum Gasteiger partial charge on any atom is 0.227 e. The first-order valence-electron chi connectivity index (χ1n) is 10.1. The number of carbonyl (C=O) groups excluding carboxylic acids is 1. The van der Waals surface area contributed by atoms with Crippen LogP contribution in [0.1, 0.15) is 30.9 Å². The molecular formula is C23H27N3OS2. The molecule has 1 aromatic heterocycles. The normalized spacial score (nSPS) is 14.8. The van der Waals surface area contributed by atoms with Gasteiger partial charge in [0.05, 0.1) is 16.6 Å². The van der Waals surface area contributed by atoms with Gasteiger partial charge in [0.25, 0.3) is 0 Å². The van der Waals surface area contributed by atoms with Gasteiger partial charge in [-0.1, -0.05) is 49.4 Å². The average Bonchev–Trinajstić information content (AvgIpc) is 3.17. The number of thiazole rings is 1. The zero-order valence-electron chi connectivity index (χ0n) is 17.2. The SMILES string of the molecule is CSc1ccc2nc(N3CCN(C(=O)Cc4ccc(C(C)C)cc4)CC3)sc2c1. The number of carbonyl (C=O) groups is 1. The summed E-state index contributed by atoms with van der Waals surface area (Å²) in [7, 11) is 0. The summed E-state index contributed by atoms with van der Waals surface area (Å²) in [5.74, 6) is 0.735. The zero-order chi connectivity index (χ0) is 20.4. The number of nitrogens with zero attached hydrogens (tertiary/aromatic N) is 3. The van der Waals surface area contributed by atoms with Crippen molar-refractivity contribution in [2.45, 2.75) is 31.1 Å². The van der Waals surface area contributed by atoms with E-state index in [-0.39, 0.29) is 5.91 Å². The molecule has 0 unspecified atom stereocenters. The van der Waals surface area contributed by atoms with E-state index >= 15 is 0 Å². The van der Waals surface area contributed by atoms with E-state index < -0.39 is 0 Å². The highest BCUT2D eigenvalue weighted by Gasteiger charge is 2.23. The summed E-state index contributed by atoms with van der Waals surface area (Å²) in [5, 5.41) is 1.06. The van der Waals surface area contributed by atoms with Crippen molar-refractivity contribution in [1.29, 1.82) is 0 Å². The quantitative estimate of drug-likeness (QED) is 0.537. The van der Waals surface area contributed by atoms with Crippen LogP contribution in [0.4, 0.5) is 5.13 Å². The van der Waals surface area contributed by atoms with Crippen LogP contribution in [0.5, 0.6) is 0 Å². The summed E-state index contributed by atoms with van der Waals surface area (Å²) < 4.78 is 1.23. The van der Waals surface area contributed by atoms with Crippen LogP contribution in [0, 0.1) is 0 Å². The maximum atomic E-state index is 12.7. The summed E-state index contributed by atoms with van der Waals surface area (Å²) in [6.45, 7) is 7.57. The Morgan fingerprint density at radius 3 is 2.48 bits per heavy atom. The van der Waals surface area contributed by atoms with Crippen LogP contribution < -0.4 is 4.90 Å². The fraction of sp³-hybridized carbons (Fsp3) is 0.391. The number of piperazine rings is 1. The third-order valence-electron chi connectivity index (χ3n) is 5.49. The second-order valence-electron chi connectivity index (χ2n) is 7.77. The number of anilines is 1. The Kier molecular flexibility index (Phi) is 6.11. The van der Waals surface area contributed by atoms with Crippen LogP contribution in [0.3, 0.4) is 0 Å². The summed E-state index contributed by atoms with van der Waals surface area (Å²) in [5.41, 5.74) is 3.47. The molecule has 152 valence electrons. The van der Waals surface area contributed by atoms with Gasteiger partial charge in [-0.25, -0.2) is 4.98 Å². The predicted octanol–water partition coefficient (Wildman–Crippen LogP) is 5.03. The first-order valence-corrected chi connectivity index (χ1v) is 12.1. The first-order chi connectivity index (χ1) is 14.0. The van der Waals surface area contributed by atoms with Crippen molar-refractivity contribution in [3.05, 3.63) is 53.6 Å². The lowest BCUT2D eigenvalue weighted by atomic mass is 10.0. The molecule has 4 rings (SSSR count). The van der Waals surface area contributed by atoms with E-state index in [4.69, 9.17) is 4.98 Å². The third-order valence-corrected chi connectivity index (χ3v) is 7.29. The van der Waals surface area contributed by atoms with E-state index in [1.54, 1.807) is 23.1 Å². The van der Waals surface area contributed by atoms with Crippen molar-refractivity contribution in [1.82, 2.24) is 9.88 Å². The van der Waals surface area contributed by atoms with Crippen molar-refractivity contribution in [2.24, 2.45) is 0 Å². The number of rotatable bonds is 5. The zero-order valence-corrected chi connectivity index (χ0v) is 18.9. The van der Waals surface area contributed by atoms with Crippen molar-refractivity contribution in [3.8, 4) is 0 Å². The second kappa shape index (κ2) is 8.76. The number of benzene rings is 2. The smallest absolute Gasteiger partial charge is 0.227 e. The minimum atomic E-state index is 0.218. The van der Waals surface area contributed by atoms with Gasteiger partial charge in [0.15, 0.2) is 5.13 Å². The molecule has 1 aliphatic heterocycles. The third kappa shape index (κ3) is 4.59. The molecule has 0 radical (unpaired) electrons. The molecule has 1 fully saturated rings. The molecule has 1 aliphatic rings. The van der Waals surface area contributed by atoms with Crippen LogP contribution >= 0.6 is 23.1 Å². The number of amides is 1. The van der Waals surface area contributed by atoms with E-state index in [0.29, 0.717) is 12.3 Å². The summed E-state index contributed by atoms with van der Waals surface area (Å²) in [4.78, 5) is 23.1. The highest BCUT2D eigenvalue weighted by atomic mass is 32.2. The van der Waals surface area contributed by atoms with Crippen LogP contribution in [-0.4, -0.2) is 48.2 Å². The summed E-state index contributed by atoms with van der Waals surface area (Å²) >= 11 is 3.50. The molecule has 1 saturated heterocycles. The molecule has 0 aliphatic carbocycles. The van der Waals surface area contributed by atoms with Crippen LogP contribution in [0.25, 0.3) is 10.2 Å². The Hall–Kier alpha value is -2.05. The molecule has 6 heteroatoms. The lowest BCUT2D eigenvalue weighted by Crippen LogP contribution is -2.49. The van der Waals surface area contributed by atoms with Gasteiger partial charge in [0, 0.05) is 31.1 Å². The first kappa shape index (κ1) is 20.2. The van der Waals surface area contributed by atoms with Crippen LogP contribution in [-0.2, 0) is 11.2 Å². The monoisotopic (exact) mass is 425 g/mol. The van der Waals surface area contributed by atoms with Crippen molar-refractivity contribution in [3.63, 3.8) is 0 Å². The second-order valence-corrected chi connectivity index (χ2v) is 9.66. The summed E-state index contributed by atoms with van der Waals surface area (Å²) in [6, 6.07) is 14.9. The molecule has 0 saturated carbocycles. The standard InChI is InChI=1S/C23H27N3OS2/c1-16(2)18-6-4-17(5-7-18)14-22(27)25-10-12-26(13-11-25)23-24-20-9-8-19(28-3)15-21(20)29-23/h4-9,15-16H,10-14H2,1-3H3. The molecule has 1 amide bonds. The van der Waals surface area contributed by atoms with E-state index in [2.05, 4.69) is 67.5 Å². The Bertz CT molecular complexity index is 989. The number of fused-ring (bicyclic) bond motifs is 1. The van der Waals surface area contributed by atoms with Gasteiger partial charge in [0.1, 0.15) is 0 Å². The van der Waals surface area contributed by atoms with Gasteiger partial charge in [-0.05, 0) is 41.5 Å². The molecule has 0 atom stereocenters. The molecule has 3 aromatic rings. The lowest BCUT2D eigenvalue weighted by molar-refractivity contribution is -0.130. The molecule has 0 N–H and O–H groups in total. The Morgan fingerprint density at radius 2 is 1.83 bits per heavy atom. The lowest BCUT2D eigenvalue weighted by Gasteiger charge is -2.34. The fourth-order valence-electron chi connectivity index (χ4n) is 3.61. The van der Waals surface area contributed by atoms with Crippen molar-refractivity contribution >= 4 is 44.4 Å². The van der Waals surface area contributed by atoms with E-state index in [1.807, 2.05) is 4.90 Å². The van der Waals surface area contributed by atoms with Crippen LogP contribution in [0.2, 0.25) is 0 Å². The molecule has 2 heterocycles. The number of hydrogen-bond donors (Lipinski definition) is 0. The number of thioether (sulfide) groups is 1. The van der Waals surface area contributed by atoms with Crippen LogP contribution in [0.15, 0.2) is 47.4 Å². The number of hydrogen-bond acceptors (Lipinski definition) is 5. The largest absolute Gasteiger partial charge is 0.345 e.